The van der Waals surface area contributed by atoms with E-state index in [1.807, 2.05) is 6.07 Å². The van der Waals surface area contributed by atoms with E-state index in [-0.39, 0.29) is 0 Å². The van der Waals surface area contributed by atoms with Crippen molar-refractivity contribution in [1.82, 2.24) is 0 Å². The fraction of sp³-hybridized carbons (Fsp3) is 0.462. The molecule has 1 aromatic carbocycles. The summed E-state index contributed by atoms with van der Waals surface area (Å²) in [5.41, 5.74) is 5.72. The zero-order chi connectivity index (χ0) is 11.4. The molecule has 1 aliphatic carbocycles. The topological polar surface area (TPSA) is 52.3 Å². The molecule has 1 fully saturated rings. The number of hydrogen-bond donors (Lipinski definition) is 1. The van der Waals surface area contributed by atoms with Crippen molar-refractivity contribution in [2.75, 3.05) is 6.61 Å². The second-order valence-electron chi connectivity index (χ2n) is 4.29. The van der Waals surface area contributed by atoms with E-state index in [1.54, 1.807) is 18.2 Å². The number of nitrogens with two attached hydrogens (primary N) is 1. The van der Waals surface area contributed by atoms with Crippen LogP contribution in [0, 0.1) is 5.92 Å². The molecule has 0 unspecified atom stereocenters. The van der Waals surface area contributed by atoms with Crippen molar-refractivity contribution >= 4 is 5.91 Å². The zero-order valence-corrected chi connectivity index (χ0v) is 9.32. The van der Waals surface area contributed by atoms with E-state index >= 15 is 0 Å². The van der Waals surface area contributed by atoms with Gasteiger partial charge < -0.3 is 10.5 Å². The van der Waals surface area contributed by atoms with Crippen molar-refractivity contribution in [3.05, 3.63) is 29.8 Å². The molecule has 2 N–H and O–H groups in total. The number of benzene rings is 1. The number of carbonyl (C=O) groups excluding carboxylic acids is 1. The Kier molecular flexibility index (Phi) is 3.44. The average Bonchev–Trinajstić information content (AvgIpc) is 3.08. The summed E-state index contributed by atoms with van der Waals surface area (Å²) in [5.74, 6) is 1.10. The third kappa shape index (κ3) is 2.99. The summed E-state index contributed by atoms with van der Waals surface area (Å²) in [6.45, 7) is 0.667. The molecule has 3 nitrogen and oxygen atoms in total. The van der Waals surface area contributed by atoms with E-state index in [1.165, 1.54) is 19.3 Å². The fourth-order valence-electron chi connectivity index (χ4n) is 1.76. The average molecular weight is 219 g/mol. The first kappa shape index (κ1) is 11.0. The molecule has 86 valence electrons. The van der Waals surface area contributed by atoms with Crippen LogP contribution in [0.15, 0.2) is 24.3 Å². The quantitative estimate of drug-likeness (QED) is 0.747. The summed E-state index contributed by atoms with van der Waals surface area (Å²) in [7, 11) is 0. The van der Waals surface area contributed by atoms with Gasteiger partial charge in [0.1, 0.15) is 5.75 Å². The molecule has 0 heterocycles. The first-order chi connectivity index (χ1) is 7.77. The number of amides is 1. The van der Waals surface area contributed by atoms with Crippen LogP contribution in [-0.2, 0) is 0 Å². The van der Waals surface area contributed by atoms with Crippen LogP contribution >= 0.6 is 0 Å². The molecule has 0 spiro atoms. The van der Waals surface area contributed by atoms with Gasteiger partial charge in [-0.2, -0.15) is 0 Å². The summed E-state index contributed by atoms with van der Waals surface area (Å²) in [5, 5.41) is 0. The highest BCUT2D eigenvalue weighted by molar-refractivity contribution is 5.95. The standard InChI is InChI=1S/C13H17NO2/c14-13(15)11-5-1-2-6-12(11)16-9-3-4-10-7-8-10/h1-2,5-6,10H,3-4,7-9H2,(H2,14,15). The predicted molar refractivity (Wildman–Crippen MR) is 62.4 cm³/mol. The minimum absolute atomic E-state index is 0.433. The molecule has 0 saturated heterocycles. The Morgan fingerprint density at radius 1 is 1.38 bits per heavy atom. The molecule has 0 aromatic heterocycles. The fourth-order valence-corrected chi connectivity index (χ4v) is 1.76. The van der Waals surface area contributed by atoms with Crippen LogP contribution in [-0.4, -0.2) is 12.5 Å². The summed E-state index contributed by atoms with van der Waals surface area (Å²) in [6.07, 6.45) is 5.03. The maximum Gasteiger partial charge on any atom is 0.252 e. The molecular formula is C13H17NO2. The van der Waals surface area contributed by atoms with E-state index < -0.39 is 5.91 Å². The number of rotatable bonds is 6. The van der Waals surface area contributed by atoms with Crippen molar-refractivity contribution in [2.45, 2.75) is 25.7 Å². The number of para-hydroxylation sites is 1. The van der Waals surface area contributed by atoms with Gasteiger partial charge in [0.2, 0.25) is 0 Å². The Bertz CT molecular complexity index is 372. The second-order valence-corrected chi connectivity index (χ2v) is 4.29. The Balaban J connectivity index is 1.84. The van der Waals surface area contributed by atoms with Gasteiger partial charge in [0, 0.05) is 0 Å². The summed E-state index contributed by atoms with van der Waals surface area (Å²) in [6, 6.07) is 7.12. The van der Waals surface area contributed by atoms with Gasteiger partial charge >= 0.3 is 0 Å². The lowest BCUT2D eigenvalue weighted by molar-refractivity contribution is 0.0996. The minimum Gasteiger partial charge on any atom is -0.493 e. The van der Waals surface area contributed by atoms with Crippen molar-refractivity contribution in [3.63, 3.8) is 0 Å². The Hall–Kier alpha value is -1.51. The molecule has 1 aliphatic rings. The Labute approximate surface area is 95.6 Å². The highest BCUT2D eigenvalue weighted by atomic mass is 16.5. The van der Waals surface area contributed by atoms with E-state index in [4.69, 9.17) is 10.5 Å². The Morgan fingerprint density at radius 3 is 2.81 bits per heavy atom. The highest BCUT2D eigenvalue weighted by Gasteiger charge is 2.20. The molecule has 0 atom stereocenters. The normalized spacial score (nSPS) is 14.8. The largest absolute Gasteiger partial charge is 0.493 e. The lowest BCUT2D eigenvalue weighted by atomic mass is 10.2. The number of hydrogen-bond acceptors (Lipinski definition) is 2. The van der Waals surface area contributed by atoms with Gasteiger partial charge in [-0.05, 0) is 30.9 Å². The molecule has 1 amide bonds. The van der Waals surface area contributed by atoms with Gasteiger partial charge in [-0.25, -0.2) is 0 Å². The predicted octanol–water partition coefficient (Wildman–Crippen LogP) is 2.35. The van der Waals surface area contributed by atoms with Crippen LogP contribution in [0.4, 0.5) is 0 Å². The Morgan fingerprint density at radius 2 is 2.12 bits per heavy atom. The van der Waals surface area contributed by atoms with Crippen LogP contribution in [0.3, 0.4) is 0 Å². The highest BCUT2D eigenvalue weighted by Crippen LogP contribution is 2.33. The maximum absolute atomic E-state index is 11.1. The van der Waals surface area contributed by atoms with E-state index in [2.05, 4.69) is 0 Å². The van der Waals surface area contributed by atoms with Crippen molar-refractivity contribution < 1.29 is 9.53 Å². The lowest BCUT2D eigenvalue weighted by Crippen LogP contribution is -2.13. The molecule has 0 bridgehead atoms. The molecular weight excluding hydrogens is 202 g/mol. The monoisotopic (exact) mass is 219 g/mol. The van der Waals surface area contributed by atoms with Crippen LogP contribution < -0.4 is 10.5 Å². The summed E-state index contributed by atoms with van der Waals surface area (Å²) in [4.78, 5) is 11.1. The number of carbonyl (C=O) groups is 1. The number of primary amides is 1. The van der Waals surface area contributed by atoms with Gasteiger partial charge in [0.25, 0.3) is 5.91 Å². The third-order valence-corrected chi connectivity index (χ3v) is 2.86. The molecule has 2 rings (SSSR count). The van der Waals surface area contributed by atoms with Crippen LogP contribution in [0.5, 0.6) is 5.75 Å². The summed E-state index contributed by atoms with van der Waals surface area (Å²) < 4.78 is 5.58. The van der Waals surface area contributed by atoms with Gasteiger partial charge in [-0.1, -0.05) is 25.0 Å². The van der Waals surface area contributed by atoms with Gasteiger partial charge in [-0.3, -0.25) is 4.79 Å². The SMILES string of the molecule is NC(=O)c1ccccc1OCCCC1CC1. The van der Waals surface area contributed by atoms with Gasteiger partial charge in [-0.15, -0.1) is 0 Å². The second kappa shape index (κ2) is 5.01. The third-order valence-electron chi connectivity index (χ3n) is 2.86. The molecule has 3 heteroatoms. The molecule has 0 radical (unpaired) electrons. The molecule has 1 saturated carbocycles. The smallest absolute Gasteiger partial charge is 0.252 e. The van der Waals surface area contributed by atoms with E-state index in [0.29, 0.717) is 17.9 Å². The zero-order valence-electron chi connectivity index (χ0n) is 9.32. The van der Waals surface area contributed by atoms with Gasteiger partial charge in [0.15, 0.2) is 0 Å². The number of ether oxygens (including phenoxy) is 1. The van der Waals surface area contributed by atoms with E-state index in [9.17, 15) is 4.79 Å². The van der Waals surface area contributed by atoms with Crippen LogP contribution in [0.25, 0.3) is 0 Å². The van der Waals surface area contributed by atoms with Crippen molar-refractivity contribution in [2.24, 2.45) is 11.7 Å². The molecule has 1 aromatic rings. The minimum atomic E-state index is -0.433. The summed E-state index contributed by atoms with van der Waals surface area (Å²) >= 11 is 0. The first-order valence-corrected chi connectivity index (χ1v) is 5.79. The van der Waals surface area contributed by atoms with E-state index in [0.717, 1.165) is 12.3 Å². The van der Waals surface area contributed by atoms with Crippen LogP contribution in [0.1, 0.15) is 36.0 Å². The van der Waals surface area contributed by atoms with Crippen molar-refractivity contribution in [3.8, 4) is 5.75 Å². The molecule has 16 heavy (non-hydrogen) atoms. The van der Waals surface area contributed by atoms with Crippen molar-refractivity contribution in [1.29, 1.82) is 0 Å². The van der Waals surface area contributed by atoms with Gasteiger partial charge in [0.05, 0.1) is 12.2 Å². The van der Waals surface area contributed by atoms with Crippen LogP contribution in [0.2, 0.25) is 0 Å². The first-order valence-electron chi connectivity index (χ1n) is 5.79. The molecule has 0 aliphatic heterocycles. The maximum atomic E-state index is 11.1. The lowest BCUT2D eigenvalue weighted by Gasteiger charge is -2.08.